The Hall–Kier alpha value is -2.34. The highest BCUT2D eigenvalue weighted by Gasteiger charge is 2.39. The van der Waals surface area contributed by atoms with E-state index in [9.17, 15) is 9.59 Å². The third-order valence-electron chi connectivity index (χ3n) is 3.44. The number of benzene rings is 1. The topological polar surface area (TPSA) is 59.5 Å². The SMILES string of the molecule is CC(=O)OCCSC1C(=O)N(c2ccccc2)c2ncccc21. The van der Waals surface area contributed by atoms with Crippen LogP contribution in [-0.2, 0) is 14.3 Å². The van der Waals surface area contributed by atoms with E-state index in [2.05, 4.69) is 4.98 Å². The quantitative estimate of drug-likeness (QED) is 0.623. The van der Waals surface area contributed by atoms with Gasteiger partial charge in [-0.2, -0.15) is 0 Å². The number of carbonyl (C=O) groups is 2. The minimum Gasteiger partial charge on any atom is -0.465 e. The van der Waals surface area contributed by atoms with Gasteiger partial charge in [-0.05, 0) is 18.2 Å². The van der Waals surface area contributed by atoms with Crippen molar-refractivity contribution in [3.05, 3.63) is 54.2 Å². The zero-order valence-electron chi connectivity index (χ0n) is 12.6. The van der Waals surface area contributed by atoms with Crippen LogP contribution >= 0.6 is 11.8 Å². The van der Waals surface area contributed by atoms with Gasteiger partial charge in [0.25, 0.3) is 0 Å². The van der Waals surface area contributed by atoms with Gasteiger partial charge < -0.3 is 4.74 Å². The van der Waals surface area contributed by atoms with Crippen LogP contribution in [-0.4, -0.2) is 29.2 Å². The average molecular weight is 328 g/mol. The number of hydrogen-bond acceptors (Lipinski definition) is 5. The molecule has 0 bridgehead atoms. The molecule has 2 aromatic rings. The van der Waals surface area contributed by atoms with Crippen molar-refractivity contribution in [3.8, 4) is 0 Å². The minimum atomic E-state index is -0.325. The van der Waals surface area contributed by atoms with Gasteiger partial charge in [0, 0.05) is 24.4 Å². The number of ether oxygens (including phenoxy) is 1. The number of carbonyl (C=O) groups excluding carboxylic acids is 2. The van der Waals surface area contributed by atoms with E-state index >= 15 is 0 Å². The molecule has 1 aliphatic rings. The fourth-order valence-corrected chi connectivity index (χ4v) is 3.52. The van der Waals surface area contributed by atoms with E-state index in [1.807, 2.05) is 42.5 Å². The first-order valence-corrected chi connectivity index (χ1v) is 8.32. The van der Waals surface area contributed by atoms with Crippen molar-refractivity contribution in [2.75, 3.05) is 17.3 Å². The number of aromatic nitrogens is 1. The molecule has 0 fully saturated rings. The number of pyridine rings is 1. The maximum Gasteiger partial charge on any atom is 0.302 e. The van der Waals surface area contributed by atoms with Crippen LogP contribution in [0, 0.1) is 0 Å². The van der Waals surface area contributed by atoms with Crippen molar-refractivity contribution in [3.63, 3.8) is 0 Å². The second-order valence-corrected chi connectivity index (χ2v) is 6.23. The molecule has 0 N–H and O–H groups in total. The van der Waals surface area contributed by atoms with E-state index in [-0.39, 0.29) is 17.1 Å². The van der Waals surface area contributed by atoms with Crippen molar-refractivity contribution in [1.82, 2.24) is 4.98 Å². The first-order chi connectivity index (χ1) is 11.2. The first-order valence-electron chi connectivity index (χ1n) is 7.27. The summed E-state index contributed by atoms with van der Waals surface area (Å²) in [5, 5.41) is -0.325. The van der Waals surface area contributed by atoms with E-state index in [1.54, 1.807) is 11.1 Å². The van der Waals surface area contributed by atoms with Crippen LogP contribution in [0.25, 0.3) is 0 Å². The number of esters is 1. The standard InChI is InChI=1S/C17H16N2O3S/c1-12(20)22-10-11-23-15-14-8-5-9-18-16(14)19(17(15)21)13-6-3-2-4-7-13/h2-9,15H,10-11H2,1H3. The number of rotatable bonds is 5. The third-order valence-corrected chi connectivity index (χ3v) is 4.63. The van der Waals surface area contributed by atoms with Gasteiger partial charge in [0.05, 0.1) is 5.69 Å². The zero-order valence-corrected chi connectivity index (χ0v) is 13.5. The van der Waals surface area contributed by atoms with Crippen LogP contribution in [0.15, 0.2) is 48.7 Å². The summed E-state index contributed by atoms with van der Waals surface area (Å²) < 4.78 is 4.94. The molecule has 1 aliphatic heterocycles. The summed E-state index contributed by atoms with van der Waals surface area (Å²) in [7, 11) is 0. The maximum atomic E-state index is 12.8. The fraction of sp³-hybridized carbons (Fsp3) is 0.235. The molecule has 3 rings (SSSR count). The summed E-state index contributed by atoms with van der Waals surface area (Å²) in [5.41, 5.74) is 1.70. The molecule has 2 heterocycles. The summed E-state index contributed by atoms with van der Waals surface area (Å²) in [6, 6.07) is 13.2. The highest BCUT2D eigenvalue weighted by atomic mass is 32.2. The molecule has 1 aromatic heterocycles. The van der Waals surface area contributed by atoms with Gasteiger partial charge in [0.1, 0.15) is 17.7 Å². The van der Waals surface area contributed by atoms with Crippen LogP contribution in [0.2, 0.25) is 0 Å². The lowest BCUT2D eigenvalue weighted by atomic mass is 10.2. The lowest BCUT2D eigenvalue weighted by Crippen LogP contribution is -2.23. The van der Waals surface area contributed by atoms with Crippen molar-refractivity contribution >= 4 is 35.1 Å². The van der Waals surface area contributed by atoms with Gasteiger partial charge in [-0.15, -0.1) is 11.8 Å². The number of hydrogen-bond donors (Lipinski definition) is 0. The van der Waals surface area contributed by atoms with Crippen molar-refractivity contribution in [1.29, 1.82) is 0 Å². The van der Waals surface area contributed by atoms with Gasteiger partial charge in [-0.25, -0.2) is 4.98 Å². The Kier molecular flexibility index (Phi) is 4.62. The first kappa shape index (κ1) is 15.6. The number of amides is 1. The van der Waals surface area contributed by atoms with Crippen LogP contribution in [0.1, 0.15) is 17.7 Å². The molecule has 0 saturated carbocycles. The number of fused-ring (bicyclic) bond motifs is 1. The van der Waals surface area contributed by atoms with Gasteiger partial charge in [-0.3, -0.25) is 14.5 Å². The fourth-order valence-electron chi connectivity index (χ4n) is 2.49. The normalized spacial score (nSPS) is 16.3. The summed E-state index contributed by atoms with van der Waals surface area (Å²) in [4.78, 5) is 29.7. The molecule has 23 heavy (non-hydrogen) atoms. The summed E-state index contributed by atoms with van der Waals surface area (Å²) in [6.45, 7) is 1.67. The van der Waals surface area contributed by atoms with Gasteiger partial charge in [0.2, 0.25) is 5.91 Å². The Labute approximate surface area is 138 Å². The number of anilines is 2. The molecule has 1 atom stereocenters. The predicted octanol–water partition coefficient (Wildman–Crippen LogP) is 3.10. The molecule has 118 valence electrons. The van der Waals surface area contributed by atoms with E-state index in [1.165, 1.54) is 18.7 Å². The molecule has 0 saturated heterocycles. The van der Waals surface area contributed by atoms with E-state index < -0.39 is 0 Å². The van der Waals surface area contributed by atoms with Crippen molar-refractivity contribution in [2.24, 2.45) is 0 Å². The monoisotopic (exact) mass is 328 g/mol. The van der Waals surface area contributed by atoms with Crippen LogP contribution in [0.4, 0.5) is 11.5 Å². The second kappa shape index (κ2) is 6.83. The maximum absolute atomic E-state index is 12.8. The number of nitrogens with zero attached hydrogens (tertiary/aromatic N) is 2. The molecule has 0 aliphatic carbocycles. The molecule has 0 radical (unpaired) electrons. The lowest BCUT2D eigenvalue weighted by molar-refractivity contribution is -0.140. The highest BCUT2D eigenvalue weighted by Crippen LogP contribution is 2.45. The van der Waals surface area contributed by atoms with Crippen molar-refractivity contribution < 1.29 is 14.3 Å². The van der Waals surface area contributed by atoms with Crippen molar-refractivity contribution in [2.45, 2.75) is 12.2 Å². The molecule has 6 heteroatoms. The Morgan fingerprint density at radius 2 is 2.04 bits per heavy atom. The Morgan fingerprint density at radius 1 is 1.26 bits per heavy atom. The minimum absolute atomic E-state index is 0.0160. The summed E-state index contributed by atoms with van der Waals surface area (Å²) in [5.74, 6) is 0.912. The molecule has 5 nitrogen and oxygen atoms in total. The molecule has 1 aromatic carbocycles. The Bertz CT molecular complexity index is 721. The van der Waals surface area contributed by atoms with Crippen LogP contribution in [0.5, 0.6) is 0 Å². The van der Waals surface area contributed by atoms with Gasteiger partial charge in [-0.1, -0.05) is 24.3 Å². The van der Waals surface area contributed by atoms with Gasteiger partial charge in [0.15, 0.2) is 0 Å². The summed E-state index contributed by atoms with van der Waals surface area (Å²) in [6.07, 6.45) is 1.69. The highest BCUT2D eigenvalue weighted by molar-refractivity contribution is 8.00. The Balaban J connectivity index is 1.82. The van der Waals surface area contributed by atoms with Gasteiger partial charge >= 0.3 is 5.97 Å². The predicted molar refractivity (Wildman–Crippen MR) is 89.7 cm³/mol. The largest absolute Gasteiger partial charge is 0.465 e. The summed E-state index contributed by atoms with van der Waals surface area (Å²) >= 11 is 1.47. The second-order valence-electron chi connectivity index (χ2n) is 5.02. The van der Waals surface area contributed by atoms with E-state index in [0.717, 1.165) is 11.3 Å². The molecular weight excluding hydrogens is 312 g/mol. The van der Waals surface area contributed by atoms with Crippen LogP contribution in [0.3, 0.4) is 0 Å². The van der Waals surface area contributed by atoms with E-state index in [0.29, 0.717) is 18.2 Å². The van der Waals surface area contributed by atoms with Crippen LogP contribution < -0.4 is 4.90 Å². The zero-order chi connectivity index (χ0) is 16.2. The molecule has 0 spiro atoms. The Morgan fingerprint density at radius 3 is 2.78 bits per heavy atom. The number of para-hydroxylation sites is 1. The average Bonchev–Trinajstić information content (AvgIpc) is 2.84. The molecule has 1 unspecified atom stereocenters. The molecular formula is C17H16N2O3S. The number of thioether (sulfide) groups is 1. The lowest BCUT2D eigenvalue weighted by Gasteiger charge is -2.16. The molecule has 1 amide bonds. The smallest absolute Gasteiger partial charge is 0.302 e. The van der Waals surface area contributed by atoms with E-state index in [4.69, 9.17) is 4.74 Å². The third kappa shape index (κ3) is 3.22.